The lowest BCUT2D eigenvalue weighted by molar-refractivity contribution is -0.161. The van der Waals surface area contributed by atoms with Crippen molar-refractivity contribution in [3.05, 3.63) is 0 Å². The van der Waals surface area contributed by atoms with Gasteiger partial charge in [0.2, 0.25) is 0 Å². The van der Waals surface area contributed by atoms with E-state index in [4.69, 9.17) is 10.5 Å². The fraction of sp³-hybridized carbons (Fsp3) is 0.923. The van der Waals surface area contributed by atoms with Crippen molar-refractivity contribution in [2.45, 2.75) is 51.4 Å². The lowest BCUT2D eigenvalue weighted by Crippen LogP contribution is -2.60. The van der Waals surface area contributed by atoms with Gasteiger partial charge in [-0.25, -0.2) is 4.79 Å². The molecule has 1 aliphatic carbocycles. The average molecular weight is 296 g/mol. The number of hydrogen-bond acceptors (Lipinski definition) is 4. The lowest BCUT2D eigenvalue weighted by Gasteiger charge is -2.36. The van der Waals surface area contributed by atoms with Crippen LogP contribution in [0.5, 0.6) is 0 Å². The summed E-state index contributed by atoms with van der Waals surface area (Å²) in [6, 6.07) is -0.354. The van der Waals surface area contributed by atoms with Gasteiger partial charge in [-0.2, -0.15) is 13.2 Å². The highest BCUT2D eigenvalue weighted by molar-refractivity contribution is 5.82. The van der Waals surface area contributed by atoms with Crippen molar-refractivity contribution >= 4 is 5.97 Å². The summed E-state index contributed by atoms with van der Waals surface area (Å²) in [6.45, 7) is 3.93. The van der Waals surface area contributed by atoms with Crippen LogP contribution in [-0.4, -0.2) is 48.3 Å². The highest BCUT2D eigenvalue weighted by Gasteiger charge is 2.51. The number of nitrogens with zero attached hydrogens (tertiary/aromatic N) is 1. The number of ether oxygens (including phenoxy) is 1. The summed E-state index contributed by atoms with van der Waals surface area (Å²) in [4.78, 5) is 13.2. The fourth-order valence-electron chi connectivity index (χ4n) is 2.21. The number of carbonyl (C=O) groups is 1. The van der Waals surface area contributed by atoms with Gasteiger partial charge in [0.25, 0.3) is 0 Å². The molecule has 0 heterocycles. The van der Waals surface area contributed by atoms with Crippen molar-refractivity contribution in [3.63, 3.8) is 0 Å². The number of alkyl halides is 3. The van der Waals surface area contributed by atoms with Crippen molar-refractivity contribution in [3.8, 4) is 0 Å². The molecule has 20 heavy (non-hydrogen) atoms. The zero-order chi connectivity index (χ0) is 15.6. The Kier molecular flexibility index (Phi) is 5.43. The number of carbonyl (C=O) groups excluding carboxylic acids is 1. The minimum atomic E-state index is -4.32. The Bertz CT molecular complexity index is 343. The highest BCUT2D eigenvalue weighted by atomic mass is 19.4. The van der Waals surface area contributed by atoms with Crippen LogP contribution in [0.2, 0.25) is 0 Å². The van der Waals surface area contributed by atoms with Crippen LogP contribution >= 0.6 is 0 Å². The van der Waals surface area contributed by atoms with E-state index < -0.39 is 24.2 Å². The van der Waals surface area contributed by atoms with E-state index in [2.05, 4.69) is 0 Å². The zero-order valence-electron chi connectivity index (χ0n) is 12.2. The molecule has 0 bridgehead atoms. The molecule has 0 saturated heterocycles. The molecule has 1 aliphatic rings. The zero-order valence-corrected chi connectivity index (χ0v) is 12.2. The Labute approximate surface area is 117 Å². The second kappa shape index (κ2) is 6.30. The predicted molar refractivity (Wildman–Crippen MR) is 69.0 cm³/mol. The van der Waals surface area contributed by atoms with Crippen molar-refractivity contribution in [2.75, 3.05) is 19.7 Å². The van der Waals surface area contributed by atoms with Gasteiger partial charge >= 0.3 is 12.1 Å². The first-order valence-electron chi connectivity index (χ1n) is 6.87. The molecule has 0 aromatic heterocycles. The third kappa shape index (κ3) is 4.63. The molecule has 1 rings (SSSR count). The van der Waals surface area contributed by atoms with Crippen molar-refractivity contribution in [2.24, 2.45) is 11.7 Å². The second-order valence-corrected chi connectivity index (χ2v) is 5.65. The van der Waals surface area contributed by atoms with Crippen molar-refractivity contribution in [1.82, 2.24) is 4.90 Å². The predicted octanol–water partition coefficient (Wildman–Crippen LogP) is 1.93. The molecule has 0 amide bonds. The van der Waals surface area contributed by atoms with Gasteiger partial charge in [0.1, 0.15) is 5.54 Å². The normalized spacial score (nSPS) is 19.2. The molecule has 0 aromatic rings. The Morgan fingerprint density at radius 3 is 2.25 bits per heavy atom. The standard InChI is InChI=1S/C13H23F3N2O2/c1-4-20-11(19)12(17,10-5-6-10)7-18(9(2)3)8-13(14,15)16/h9-10H,4-8,17H2,1-3H3. The molecule has 1 fully saturated rings. The van der Waals surface area contributed by atoms with E-state index in [-0.39, 0.29) is 25.1 Å². The largest absolute Gasteiger partial charge is 0.465 e. The Morgan fingerprint density at radius 2 is 1.90 bits per heavy atom. The maximum absolute atomic E-state index is 12.6. The number of nitrogens with two attached hydrogens (primary N) is 1. The molecule has 0 radical (unpaired) electrons. The molecule has 1 atom stereocenters. The fourth-order valence-corrected chi connectivity index (χ4v) is 2.21. The molecule has 2 N–H and O–H groups in total. The third-order valence-corrected chi connectivity index (χ3v) is 3.54. The second-order valence-electron chi connectivity index (χ2n) is 5.65. The van der Waals surface area contributed by atoms with Gasteiger partial charge in [-0.1, -0.05) is 0 Å². The highest BCUT2D eigenvalue weighted by Crippen LogP contribution is 2.40. The summed E-state index contributed by atoms with van der Waals surface area (Å²) in [5.41, 5.74) is 4.77. The van der Waals surface area contributed by atoms with Gasteiger partial charge in [0.15, 0.2) is 0 Å². The molecular weight excluding hydrogens is 273 g/mol. The van der Waals surface area contributed by atoms with Gasteiger partial charge in [-0.15, -0.1) is 0 Å². The molecule has 0 spiro atoms. The van der Waals surface area contributed by atoms with Crippen LogP contribution in [0.1, 0.15) is 33.6 Å². The van der Waals surface area contributed by atoms with E-state index in [0.29, 0.717) is 0 Å². The SMILES string of the molecule is CCOC(=O)C(N)(CN(CC(F)(F)F)C(C)C)C1CC1. The van der Waals surface area contributed by atoms with Crippen LogP contribution in [0, 0.1) is 5.92 Å². The summed E-state index contributed by atoms with van der Waals surface area (Å²) in [7, 11) is 0. The molecule has 0 aliphatic heterocycles. The summed E-state index contributed by atoms with van der Waals surface area (Å²) >= 11 is 0. The molecule has 7 heteroatoms. The lowest BCUT2D eigenvalue weighted by atomic mass is 9.93. The Balaban J connectivity index is 2.83. The van der Waals surface area contributed by atoms with Crippen LogP contribution in [0.25, 0.3) is 0 Å². The van der Waals surface area contributed by atoms with Gasteiger partial charge in [0, 0.05) is 12.6 Å². The van der Waals surface area contributed by atoms with Gasteiger partial charge in [-0.3, -0.25) is 4.90 Å². The molecule has 0 aromatic carbocycles. The van der Waals surface area contributed by atoms with E-state index in [0.717, 1.165) is 12.8 Å². The van der Waals surface area contributed by atoms with Crippen LogP contribution in [0.4, 0.5) is 13.2 Å². The summed E-state index contributed by atoms with van der Waals surface area (Å²) in [6.07, 6.45) is -2.80. The third-order valence-electron chi connectivity index (χ3n) is 3.54. The quantitative estimate of drug-likeness (QED) is 0.729. The van der Waals surface area contributed by atoms with Gasteiger partial charge in [0.05, 0.1) is 13.2 Å². The van der Waals surface area contributed by atoms with E-state index in [1.165, 1.54) is 4.90 Å². The smallest absolute Gasteiger partial charge is 0.401 e. The van der Waals surface area contributed by atoms with Crippen LogP contribution in [0.3, 0.4) is 0 Å². The van der Waals surface area contributed by atoms with Gasteiger partial charge in [-0.05, 0) is 39.5 Å². The Morgan fingerprint density at radius 1 is 1.35 bits per heavy atom. The Hall–Kier alpha value is -0.820. The summed E-state index contributed by atoms with van der Waals surface area (Å²) in [5, 5.41) is 0. The van der Waals surface area contributed by atoms with E-state index in [1.54, 1.807) is 20.8 Å². The molecule has 1 unspecified atom stereocenters. The first-order valence-corrected chi connectivity index (χ1v) is 6.87. The van der Waals surface area contributed by atoms with E-state index in [1.807, 2.05) is 0 Å². The first-order chi connectivity index (χ1) is 9.10. The molecular formula is C13H23F3N2O2. The summed E-state index contributed by atoms with van der Waals surface area (Å²) < 4.78 is 42.8. The molecule has 118 valence electrons. The topological polar surface area (TPSA) is 55.6 Å². The van der Waals surface area contributed by atoms with Crippen molar-refractivity contribution < 1.29 is 22.7 Å². The van der Waals surface area contributed by atoms with Crippen molar-refractivity contribution in [1.29, 1.82) is 0 Å². The monoisotopic (exact) mass is 296 g/mol. The van der Waals surface area contributed by atoms with Crippen LogP contribution < -0.4 is 5.73 Å². The molecule has 1 saturated carbocycles. The molecule has 4 nitrogen and oxygen atoms in total. The van der Waals surface area contributed by atoms with E-state index >= 15 is 0 Å². The minimum absolute atomic E-state index is 0.0870. The number of esters is 1. The number of halogens is 3. The summed E-state index contributed by atoms with van der Waals surface area (Å²) in [5.74, 6) is -0.689. The van der Waals surface area contributed by atoms with E-state index in [9.17, 15) is 18.0 Å². The average Bonchev–Trinajstić information content (AvgIpc) is 3.10. The van der Waals surface area contributed by atoms with Gasteiger partial charge < -0.3 is 10.5 Å². The first kappa shape index (κ1) is 17.2. The number of rotatable bonds is 7. The van der Waals surface area contributed by atoms with Crippen LogP contribution in [0.15, 0.2) is 0 Å². The maximum Gasteiger partial charge on any atom is 0.401 e. The number of hydrogen-bond donors (Lipinski definition) is 1. The minimum Gasteiger partial charge on any atom is -0.465 e. The maximum atomic E-state index is 12.6. The van der Waals surface area contributed by atoms with Crippen LogP contribution in [-0.2, 0) is 9.53 Å².